The quantitative estimate of drug-likeness (QED) is 0.798. The molecular weight excluding hydrogens is 254 g/mol. The van der Waals surface area contributed by atoms with Crippen molar-refractivity contribution in [3.8, 4) is 0 Å². The van der Waals surface area contributed by atoms with Crippen molar-refractivity contribution in [1.29, 1.82) is 0 Å². The molecule has 2 aliphatic heterocycles. The molecule has 0 aromatic rings. The van der Waals surface area contributed by atoms with Crippen molar-refractivity contribution >= 4 is 23.6 Å². The molecule has 0 unspecified atom stereocenters. The molecular formula is C12H19NO4S. The maximum atomic E-state index is 12.1. The van der Waals surface area contributed by atoms with Crippen LogP contribution < -0.4 is 5.32 Å². The Labute approximate surface area is 111 Å². The molecule has 6 heteroatoms. The summed E-state index contributed by atoms with van der Waals surface area (Å²) in [5.74, 6) is 0.473. The number of rotatable bonds is 3. The number of nitrogens with one attached hydrogen (secondary N) is 1. The summed E-state index contributed by atoms with van der Waals surface area (Å²) >= 11 is 1.74. The summed E-state index contributed by atoms with van der Waals surface area (Å²) in [5, 5.41) is 12.2. The highest BCUT2D eigenvalue weighted by molar-refractivity contribution is 7.99. The second kappa shape index (κ2) is 5.93. The fourth-order valence-electron chi connectivity index (χ4n) is 2.41. The Morgan fingerprint density at radius 3 is 2.39 bits per heavy atom. The molecule has 2 rings (SSSR count). The molecule has 102 valence electrons. The first-order valence-electron chi connectivity index (χ1n) is 6.35. The molecule has 0 bridgehead atoms. The van der Waals surface area contributed by atoms with E-state index in [-0.39, 0.29) is 11.8 Å². The predicted octanol–water partition coefficient (Wildman–Crippen LogP) is 0.880. The molecule has 2 fully saturated rings. The lowest BCUT2D eigenvalue weighted by Gasteiger charge is -2.35. The summed E-state index contributed by atoms with van der Waals surface area (Å²) in [4.78, 5) is 23.6. The van der Waals surface area contributed by atoms with Crippen LogP contribution in [0.4, 0.5) is 0 Å². The van der Waals surface area contributed by atoms with Gasteiger partial charge in [0.2, 0.25) is 5.91 Å². The number of carboxylic acids is 1. The number of carboxylic acid groups (broad SMARTS) is 1. The summed E-state index contributed by atoms with van der Waals surface area (Å²) in [6.45, 7) is 1.18. The van der Waals surface area contributed by atoms with Crippen LogP contribution in [0.3, 0.4) is 0 Å². The van der Waals surface area contributed by atoms with E-state index >= 15 is 0 Å². The molecule has 0 atom stereocenters. The van der Waals surface area contributed by atoms with Crippen LogP contribution in [-0.4, -0.2) is 47.2 Å². The lowest BCUT2D eigenvalue weighted by Crippen LogP contribution is -2.58. The van der Waals surface area contributed by atoms with Gasteiger partial charge < -0.3 is 15.2 Å². The number of aliphatic carboxylic acids is 1. The highest BCUT2D eigenvalue weighted by Crippen LogP contribution is 2.28. The van der Waals surface area contributed by atoms with Crippen molar-refractivity contribution in [2.75, 3.05) is 24.7 Å². The fourth-order valence-corrected chi connectivity index (χ4v) is 3.60. The van der Waals surface area contributed by atoms with Crippen molar-refractivity contribution < 1.29 is 19.4 Å². The summed E-state index contributed by atoms with van der Waals surface area (Å²) in [7, 11) is 0. The van der Waals surface area contributed by atoms with E-state index in [1.54, 1.807) is 11.8 Å². The van der Waals surface area contributed by atoms with Gasteiger partial charge in [0.1, 0.15) is 5.54 Å². The molecule has 0 saturated carbocycles. The standard InChI is InChI=1S/C12H19NO4S/c14-10(9-1-5-17-6-2-9)13-12(11(15)16)3-7-18-8-4-12/h9H,1-8H2,(H,13,14)(H,15,16). The van der Waals surface area contributed by atoms with Crippen LogP contribution in [0.1, 0.15) is 25.7 Å². The minimum Gasteiger partial charge on any atom is -0.480 e. The van der Waals surface area contributed by atoms with E-state index < -0.39 is 11.5 Å². The van der Waals surface area contributed by atoms with Gasteiger partial charge in [0.15, 0.2) is 0 Å². The Kier molecular flexibility index (Phi) is 4.50. The van der Waals surface area contributed by atoms with E-state index in [9.17, 15) is 14.7 Å². The summed E-state index contributed by atoms with van der Waals surface area (Å²) in [6, 6.07) is 0. The normalized spacial score (nSPS) is 24.4. The first-order valence-corrected chi connectivity index (χ1v) is 7.50. The van der Waals surface area contributed by atoms with E-state index in [4.69, 9.17) is 4.74 Å². The van der Waals surface area contributed by atoms with E-state index in [0.29, 0.717) is 38.9 Å². The van der Waals surface area contributed by atoms with E-state index in [2.05, 4.69) is 5.32 Å². The number of carbonyl (C=O) groups is 2. The van der Waals surface area contributed by atoms with Crippen molar-refractivity contribution in [1.82, 2.24) is 5.32 Å². The Morgan fingerprint density at radius 2 is 1.83 bits per heavy atom. The van der Waals surface area contributed by atoms with Crippen LogP contribution in [0.15, 0.2) is 0 Å². The molecule has 18 heavy (non-hydrogen) atoms. The number of thioether (sulfide) groups is 1. The third kappa shape index (κ3) is 2.98. The number of hydrogen-bond acceptors (Lipinski definition) is 4. The molecule has 2 heterocycles. The van der Waals surface area contributed by atoms with Crippen LogP contribution >= 0.6 is 11.8 Å². The molecule has 2 N–H and O–H groups in total. The van der Waals surface area contributed by atoms with Gasteiger partial charge in [0, 0.05) is 19.1 Å². The van der Waals surface area contributed by atoms with Gasteiger partial charge in [-0.3, -0.25) is 4.79 Å². The van der Waals surface area contributed by atoms with E-state index in [0.717, 1.165) is 11.5 Å². The summed E-state index contributed by atoms with van der Waals surface area (Å²) in [5.41, 5.74) is -1.04. The van der Waals surface area contributed by atoms with Crippen molar-refractivity contribution in [2.24, 2.45) is 5.92 Å². The number of hydrogen-bond donors (Lipinski definition) is 2. The zero-order chi connectivity index (χ0) is 13.0. The van der Waals surface area contributed by atoms with Gasteiger partial charge in [-0.05, 0) is 37.2 Å². The Balaban J connectivity index is 1.99. The largest absolute Gasteiger partial charge is 0.480 e. The maximum absolute atomic E-state index is 12.1. The second-order valence-corrected chi connectivity index (χ2v) is 6.10. The van der Waals surface area contributed by atoms with Crippen molar-refractivity contribution in [3.63, 3.8) is 0 Å². The number of amides is 1. The summed E-state index contributed by atoms with van der Waals surface area (Å²) in [6.07, 6.45) is 2.41. The van der Waals surface area contributed by atoms with Gasteiger partial charge >= 0.3 is 5.97 Å². The highest BCUT2D eigenvalue weighted by Gasteiger charge is 2.42. The zero-order valence-electron chi connectivity index (χ0n) is 10.3. The maximum Gasteiger partial charge on any atom is 0.329 e. The number of carbonyl (C=O) groups excluding carboxylic acids is 1. The van der Waals surface area contributed by atoms with Gasteiger partial charge in [-0.25, -0.2) is 4.79 Å². The monoisotopic (exact) mass is 273 g/mol. The molecule has 2 aliphatic rings. The van der Waals surface area contributed by atoms with Crippen LogP contribution in [-0.2, 0) is 14.3 Å². The third-order valence-corrected chi connectivity index (χ3v) is 4.70. The first-order chi connectivity index (χ1) is 8.64. The van der Waals surface area contributed by atoms with Gasteiger partial charge in [0.25, 0.3) is 0 Å². The topological polar surface area (TPSA) is 75.6 Å². The van der Waals surface area contributed by atoms with Crippen molar-refractivity contribution in [3.05, 3.63) is 0 Å². The van der Waals surface area contributed by atoms with Crippen LogP contribution in [0, 0.1) is 5.92 Å². The number of ether oxygens (including phenoxy) is 1. The average Bonchev–Trinajstić information content (AvgIpc) is 2.40. The van der Waals surface area contributed by atoms with Gasteiger partial charge in [-0.15, -0.1) is 0 Å². The second-order valence-electron chi connectivity index (χ2n) is 4.88. The van der Waals surface area contributed by atoms with Crippen LogP contribution in [0.5, 0.6) is 0 Å². The highest BCUT2D eigenvalue weighted by atomic mass is 32.2. The SMILES string of the molecule is O=C(NC1(C(=O)O)CCSCC1)C1CCOCC1. The molecule has 1 amide bonds. The van der Waals surface area contributed by atoms with Gasteiger partial charge in [-0.2, -0.15) is 11.8 Å². The Morgan fingerprint density at radius 1 is 1.22 bits per heavy atom. The first kappa shape index (κ1) is 13.7. The van der Waals surface area contributed by atoms with E-state index in [1.807, 2.05) is 0 Å². The minimum atomic E-state index is -1.04. The molecule has 2 saturated heterocycles. The molecule has 0 radical (unpaired) electrons. The van der Waals surface area contributed by atoms with Crippen LogP contribution in [0.25, 0.3) is 0 Å². The lowest BCUT2D eigenvalue weighted by molar-refractivity contribution is -0.149. The van der Waals surface area contributed by atoms with Gasteiger partial charge in [-0.1, -0.05) is 0 Å². The Bertz CT molecular complexity index is 322. The average molecular weight is 273 g/mol. The van der Waals surface area contributed by atoms with Gasteiger partial charge in [0.05, 0.1) is 0 Å². The Hall–Kier alpha value is -0.750. The zero-order valence-corrected chi connectivity index (χ0v) is 11.1. The van der Waals surface area contributed by atoms with E-state index in [1.165, 1.54) is 0 Å². The lowest BCUT2D eigenvalue weighted by atomic mass is 9.90. The fraction of sp³-hybridized carbons (Fsp3) is 0.833. The molecule has 0 aliphatic carbocycles. The third-order valence-electron chi connectivity index (χ3n) is 3.71. The molecule has 0 aromatic carbocycles. The minimum absolute atomic E-state index is 0.0930. The van der Waals surface area contributed by atoms with Crippen molar-refractivity contribution in [2.45, 2.75) is 31.2 Å². The smallest absolute Gasteiger partial charge is 0.329 e. The van der Waals surface area contributed by atoms with Crippen LogP contribution in [0.2, 0.25) is 0 Å². The summed E-state index contributed by atoms with van der Waals surface area (Å²) < 4.78 is 5.21. The molecule has 5 nitrogen and oxygen atoms in total. The molecule has 0 aromatic heterocycles. The predicted molar refractivity (Wildman–Crippen MR) is 68.6 cm³/mol. The molecule has 0 spiro atoms.